The molecule has 0 radical (unpaired) electrons. The van der Waals surface area contributed by atoms with Crippen molar-refractivity contribution in [1.29, 1.82) is 0 Å². The van der Waals surface area contributed by atoms with E-state index in [0.29, 0.717) is 5.75 Å². The summed E-state index contributed by atoms with van der Waals surface area (Å²) in [5, 5.41) is 8.61. The second-order valence-electron chi connectivity index (χ2n) is 3.48. The molecule has 3 N–H and O–H groups in total. The number of nitrogens with two attached hydrogens (primary N) is 1. The summed E-state index contributed by atoms with van der Waals surface area (Å²) in [6, 6.07) is 2.86. The molecule has 6 heteroatoms. The molecule has 0 unspecified atom stereocenters. The molecule has 0 saturated carbocycles. The Morgan fingerprint density at radius 3 is 2.47 bits per heavy atom. The normalized spacial score (nSPS) is 13.3. The zero-order valence-electron chi connectivity index (χ0n) is 9.61. The maximum absolute atomic E-state index is 13.3. The molecule has 96 valence electrons. The Labute approximate surface area is 97.9 Å². The first-order chi connectivity index (χ1) is 7.97. The van der Waals surface area contributed by atoms with Gasteiger partial charge in [0, 0.05) is 5.56 Å². The van der Waals surface area contributed by atoms with Crippen LogP contribution in [0.5, 0.6) is 11.5 Å². The Bertz CT molecular complexity index is 385. The number of methoxy groups -OCH3 is 2. The Morgan fingerprint density at radius 1 is 1.35 bits per heavy atom. The fourth-order valence-electron chi connectivity index (χ4n) is 1.48. The van der Waals surface area contributed by atoms with E-state index in [1.54, 1.807) is 6.07 Å². The number of halogens is 2. The molecule has 17 heavy (non-hydrogen) atoms. The summed E-state index contributed by atoms with van der Waals surface area (Å²) in [6.45, 7) is -1.32. The summed E-state index contributed by atoms with van der Waals surface area (Å²) in [4.78, 5) is 0. The minimum Gasteiger partial charge on any atom is -0.493 e. The lowest BCUT2D eigenvalue weighted by Crippen LogP contribution is -2.36. The third-order valence-electron chi connectivity index (χ3n) is 2.43. The van der Waals surface area contributed by atoms with Gasteiger partial charge in [-0.2, -0.15) is 0 Å². The van der Waals surface area contributed by atoms with Gasteiger partial charge in [-0.25, -0.2) is 8.78 Å². The summed E-state index contributed by atoms with van der Waals surface area (Å²) in [7, 11) is 2.74. The number of aliphatic hydroxyl groups is 1. The minimum atomic E-state index is -3.42. The SMILES string of the molecule is COc1cccc([C@@H](N)C(F)(F)CO)c1OC. The monoisotopic (exact) mass is 247 g/mol. The summed E-state index contributed by atoms with van der Waals surface area (Å²) in [5.41, 5.74) is 5.53. The van der Waals surface area contributed by atoms with E-state index in [9.17, 15) is 8.78 Å². The molecule has 0 aliphatic heterocycles. The Morgan fingerprint density at radius 2 is 2.00 bits per heavy atom. The predicted molar refractivity (Wildman–Crippen MR) is 58.5 cm³/mol. The maximum atomic E-state index is 13.3. The zero-order valence-corrected chi connectivity index (χ0v) is 9.61. The van der Waals surface area contributed by atoms with Crippen LogP contribution in [-0.2, 0) is 0 Å². The molecule has 1 aromatic rings. The van der Waals surface area contributed by atoms with Crippen LogP contribution in [0.3, 0.4) is 0 Å². The van der Waals surface area contributed by atoms with Crippen molar-refractivity contribution in [2.24, 2.45) is 5.73 Å². The zero-order chi connectivity index (χ0) is 13.1. The van der Waals surface area contributed by atoms with Gasteiger partial charge < -0.3 is 20.3 Å². The van der Waals surface area contributed by atoms with E-state index in [-0.39, 0.29) is 11.3 Å². The molecular formula is C11H15F2NO3. The Hall–Kier alpha value is -1.40. The summed E-state index contributed by atoms with van der Waals surface area (Å²) < 4.78 is 36.6. The quantitative estimate of drug-likeness (QED) is 0.824. The molecule has 0 aliphatic carbocycles. The Kier molecular flexibility index (Phi) is 4.25. The molecule has 0 bridgehead atoms. The van der Waals surface area contributed by atoms with E-state index in [4.69, 9.17) is 20.3 Å². The topological polar surface area (TPSA) is 64.7 Å². The van der Waals surface area contributed by atoms with Crippen molar-refractivity contribution in [3.8, 4) is 11.5 Å². The van der Waals surface area contributed by atoms with Crippen LogP contribution in [0.25, 0.3) is 0 Å². The summed E-state index contributed by atoms with van der Waals surface area (Å²) in [6.07, 6.45) is 0. The predicted octanol–water partition coefficient (Wildman–Crippen LogP) is 1.33. The number of hydrogen-bond acceptors (Lipinski definition) is 4. The van der Waals surface area contributed by atoms with E-state index < -0.39 is 18.6 Å². The highest BCUT2D eigenvalue weighted by Gasteiger charge is 2.39. The van der Waals surface area contributed by atoms with Gasteiger partial charge in [-0.1, -0.05) is 12.1 Å². The number of hydrogen-bond donors (Lipinski definition) is 2. The molecule has 0 spiro atoms. The average molecular weight is 247 g/mol. The minimum absolute atomic E-state index is 0.0888. The third-order valence-corrected chi connectivity index (χ3v) is 2.43. The number of benzene rings is 1. The number of rotatable bonds is 5. The standard InChI is InChI=1S/C11H15F2NO3/c1-16-8-5-3-4-7(9(8)17-2)10(14)11(12,13)6-15/h3-5,10,15H,6,14H2,1-2H3/t10-/m1/s1. The van der Waals surface area contributed by atoms with E-state index in [1.165, 1.54) is 26.4 Å². The van der Waals surface area contributed by atoms with Crippen LogP contribution < -0.4 is 15.2 Å². The highest BCUT2D eigenvalue weighted by atomic mass is 19.3. The second kappa shape index (κ2) is 5.29. The van der Waals surface area contributed by atoms with Crippen LogP contribution in [0.1, 0.15) is 11.6 Å². The van der Waals surface area contributed by atoms with Crippen molar-refractivity contribution < 1.29 is 23.4 Å². The van der Waals surface area contributed by atoms with Crippen LogP contribution in [0, 0.1) is 0 Å². The van der Waals surface area contributed by atoms with Crippen LogP contribution in [0.15, 0.2) is 18.2 Å². The number of ether oxygens (including phenoxy) is 2. The number of para-hydroxylation sites is 1. The third kappa shape index (κ3) is 2.65. The van der Waals surface area contributed by atoms with Gasteiger partial charge in [-0.15, -0.1) is 0 Å². The molecule has 1 aromatic carbocycles. The van der Waals surface area contributed by atoms with Gasteiger partial charge in [-0.3, -0.25) is 0 Å². The van der Waals surface area contributed by atoms with Crippen molar-refractivity contribution in [3.05, 3.63) is 23.8 Å². The lowest BCUT2D eigenvalue weighted by Gasteiger charge is -2.24. The van der Waals surface area contributed by atoms with Crippen LogP contribution in [0.4, 0.5) is 8.78 Å². The lowest BCUT2D eigenvalue weighted by atomic mass is 10.0. The van der Waals surface area contributed by atoms with Crippen molar-refractivity contribution in [2.75, 3.05) is 20.8 Å². The smallest absolute Gasteiger partial charge is 0.289 e. The largest absolute Gasteiger partial charge is 0.493 e. The second-order valence-corrected chi connectivity index (χ2v) is 3.48. The lowest BCUT2D eigenvalue weighted by molar-refractivity contribution is -0.0716. The molecular weight excluding hydrogens is 232 g/mol. The molecule has 0 aliphatic rings. The fraction of sp³-hybridized carbons (Fsp3) is 0.455. The van der Waals surface area contributed by atoms with Gasteiger partial charge in [0.2, 0.25) is 0 Å². The maximum Gasteiger partial charge on any atom is 0.289 e. The van der Waals surface area contributed by atoms with Gasteiger partial charge in [-0.05, 0) is 6.07 Å². The first-order valence-corrected chi connectivity index (χ1v) is 4.93. The molecule has 0 saturated heterocycles. The highest BCUT2D eigenvalue weighted by Crippen LogP contribution is 2.39. The van der Waals surface area contributed by atoms with Crippen molar-refractivity contribution in [3.63, 3.8) is 0 Å². The van der Waals surface area contributed by atoms with E-state index in [0.717, 1.165) is 0 Å². The summed E-state index contributed by atoms with van der Waals surface area (Å²) in [5.74, 6) is -2.95. The van der Waals surface area contributed by atoms with Gasteiger partial charge in [0.1, 0.15) is 12.6 Å². The van der Waals surface area contributed by atoms with Crippen molar-refractivity contribution in [2.45, 2.75) is 12.0 Å². The molecule has 1 rings (SSSR count). The number of aliphatic hydroxyl groups excluding tert-OH is 1. The van der Waals surface area contributed by atoms with Gasteiger partial charge in [0.15, 0.2) is 11.5 Å². The van der Waals surface area contributed by atoms with Crippen LogP contribution in [-0.4, -0.2) is 31.9 Å². The molecule has 0 aromatic heterocycles. The van der Waals surface area contributed by atoms with E-state index >= 15 is 0 Å². The molecule has 0 fully saturated rings. The number of alkyl halides is 2. The summed E-state index contributed by atoms with van der Waals surface area (Å²) >= 11 is 0. The van der Waals surface area contributed by atoms with Crippen LogP contribution >= 0.6 is 0 Å². The first-order valence-electron chi connectivity index (χ1n) is 4.93. The van der Waals surface area contributed by atoms with Crippen molar-refractivity contribution in [1.82, 2.24) is 0 Å². The highest BCUT2D eigenvalue weighted by molar-refractivity contribution is 5.48. The molecule has 4 nitrogen and oxygen atoms in total. The van der Waals surface area contributed by atoms with E-state index in [2.05, 4.69) is 0 Å². The van der Waals surface area contributed by atoms with Gasteiger partial charge >= 0.3 is 0 Å². The van der Waals surface area contributed by atoms with Crippen molar-refractivity contribution >= 4 is 0 Å². The van der Waals surface area contributed by atoms with E-state index in [1.807, 2.05) is 0 Å². The van der Waals surface area contributed by atoms with Gasteiger partial charge in [0.05, 0.1) is 14.2 Å². The Balaban J connectivity index is 3.22. The molecule has 0 amide bonds. The first kappa shape index (κ1) is 13.7. The molecule has 0 heterocycles. The average Bonchev–Trinajstić information content (AvgIpc) is 2.36. The van der Waals surface area contributed by atoms with Crippen LogP contribution in [0.2, 0.25) is 0 Å². The van der Waals surface area contributed by atoms with Gasteiger partial charge in [0.25, 0.3) is 5.92 Å². The molecule has 1 atom stereocenters. The fourth-order valence-corrected chi connectivity index (χ4v) is 1.48.